The lowest BCUT2D eigenvalue weighted by atomic mass is 10.2. The van der Waals surface area contributed by atoms with E-state index in [0.29, 0.717) is 11.3 Å². The van der Waals surface area contributed by atoms with Gasteiger partial charge in [-0.3, -0.25) is 14.6 Å². The van der Waals surface area contributed by atoms with Gasteiger partial charge in [0.2, 0.25) is 15.9 Å². The predicted molar refractivity (Wildman–Crippen MR) is 129 cm³/mol. The zero-order valence-corrected chi connectivity index (χ0v) is 20.1. The molecule has 0 fully saturated rings. The van der Waals surface area contributed by atoms with Crippen molar-refractivity contribution in [2.45, 2.75) is 31.3 Å². The molecule has 0 aliphatic heterocycles. The first-order valence-corrected chi connectivity index (χ1v) is 12.5. The summed E-state index contributed by atoms with van der Waals surface area (Å²) in [5.41, 5.74) is 1.48. The van der Waals surface area contributed by atoms with Gasteiger partial charge in [-0.05, 0) is 54.5 Å². The fourth-order valence-corrected chi connectivity index (χ4v) is 4.13. The van der Waals surface area contributed by atoms with Crippen LogP contribution in [0.2, 0.25) is 0 Å². The van der Waals surface area contributed by atoms with Crippen molar-refractivity contribution in [2.75, 3.05) is 13.2 Å². The first kappa shape index (κ1) is 25.9. The average Bonchev–Trinajstić information content (AvgIpc) is 3.39. The number of carbonyl (C=O) groups excluding carboxylic acids is 2. The molecule has 0 bridgehead atoms. The monoisotopic (exact) mass is 497 g/mol. The number of pyridine rings is 1. The Morgan fingerprint density at radius 3 is 2.60 bits per heavy atom. The van der Waals surface area contributed by atoms with Gasteiger partial charge in [-0.2, -0.15) is 0 Å². The molecule has 0 atom stereocenters. The van der Waals surface area contributed by atoms with Crippen molar-refractivity contribution in [3.05, 3.63) is 90.2 Å². The van der Waals surface area contributed by atoms with E-state index in [-0.39, 0.29) is 49.4 Å². The van der Waals surface area contributed by atoms with Crippen molar-refractivity contribution < 1.29 is 27.2 Å². The lowest BCUT2D eigenvalue weighted by Crippen LogP contribution is -2.31. The number of nitrogens with one attached hydrogen (secondary N) is 1. The second-order valence-electron chi connectivity index (χ2n) is 7.48. The Hall–Kier alpha value is -3.76. The number of benzene rings is 1. The second-order valence-corrected chi connectivity index (χ2v) is 9.25. The number of rotatable bonds is 12. The van der Waals surface area contributed by atoms with Gasteiger partial charge in [0.05, 0.1) is 30.7 Å². The Kier molecular flexibility index (Phi) is 9.33. The van der Waals surface area contributed by atoms with Crippen LogP contribution < -0.4 is 4.72 Å². The van der Waals surface area contributed by atoms with Crippen LogP contribution >= 0.6 is 0 Å². The van der Waals surface area contributed by atoms with Gasteiger partial charge in [0, 0.05) is 31.6 Å². The van der Waals surface area contributed by atoms with E-state index in [0.717, 1.165) is 5.56 Å². The maximum atomic E-state index is 12.9. The highest BCUT2D eigenvalue weighted by atomic mass is 32.2. The summed E-state index contributed by atoms with van der Waals surface area (Å²) in [5, 5.41) is 0. The molecule has 10 heteroatoms. The molecule has 184 valence electrons. The van der Waals surface area contributed by atoms with Gasteiger partial charge >= 0.3 is 5.97 Å². The average molecular weight is 498 g/mol. The number of aromatic nitrogens is 1. The van der Waals surface area contributed by atoms with E-state index in [9.17, 15) is 18.0 Å². The van der Waals surface area contributed by atoms with E-state index >= 15 is 0 Å². The van der Waals surface area contributed by atoms with Gasteiger partial charge in [-0.25, -0.2) is 13.1 Å². The van der Waals surface area contributed by atoms with Gasteiger partial charge in [-0.1, -0.05) is 18.2 Å². The maximum Gasteiger partial charge on any atom is 0.307 e. The molecule has 2 heterocycles. The highest BCUT2D eigenvalue weighted by Crippen LogP contribution is 2.13. The molecule has 3 aromatic rings. The molecular weight excluding hydrogens is 470 g/mol. The first-order valence-electron chi connectivity index (χ1n) is 11.0. The van der Waals surface area contributed by atoms with Crippen LogP contribution in [0.5, 0.6) is 0 Å². The molecule has 9 nitrogen and oxygen atoms in total. The van der Waals surface area contributed by atoms with Gasteiger partial charge in [0.15, 0.2) is 0 Å². The van der Waals surface area contributed by atoms with Crippen molar-refractivity contribution in [1.29, 1.82) is 0 Å². The Morgan fingerprint density at radius 2 is 1.94 bits per heavy atom. The smallest absolute Gasteiger partial charge is 0.307 e. The Bertz CT molecular complexity index is 1220. The van der Waals surface area contributed by atoms with Crippen molar-refractivity contribution in [3.63, 3.8) is 0 Å². The van der Waals surface area contributed by atoms with E-state index in [4.69, 9.17) is 9.15 Å². The van der Waals surface area contributed by atoms with Gasteiger partial charge < -0.3 is 14.1 Å². The van der Waals surface area contributed by atoms with Crippen LogP contribution in [0.15, 0.2) is 82.6 Å². The molecular formula is C25H27N3O6S. The molecule has 3 rings (SSSR count). The Balaban J connectivity index is 1.64. The minimum Gasteiger partial charge on any atom is -0.468 e. The molecule has 1 N–H and O–H groups in total. The van der Waals surface area contributed by atoms with Crippen LogP contribution in [0.25, 0.3) is 6.08 Å². The number of sulfonamides is 1. The summed E-state index contributed by atoms with van der Waals surface area (Å²) in [5.74, 6) is -0.168. The third-order valence-corrected chi connectivity index (χ3v) is 6.34. The molecule has 0 aliphatic rings. The predicted octanol–water partition coefficient (Wildman–Crippen LogP) is 3.15. The quantitative estimate of drug-likeness (QED) is 0.302. The lowest BCUT2D eigenvalue weighted by Gasteiger charge is -2.21. The molecule has 0 aliphatic carbocycles. The van der Waals surface area contributed by atoms with Gasteiger partial charge in [0.25, 0.3) is 0 Å². The van der Waals surface area contributed by atoms with Crippen LogP contribution in [-0.2, 0) is 37.4 Å². The van der Waals surface area contributed by atoms with E-state index in [1.807, 2.05) is 6.07 Å². The summed E-state index contributed by atoms with van der Waals surface area (Å²) < 4.78 is 37.5. The Labute approximate surface area is 204 Å². The number of hydrogen-bond acceptors (Lipinski definition) is 7. The van der Waals surface area contributed by atoms with Crippen LogP contribution in [0.3, 0.4) is 0 Å². The minimum absolute atomic E-state index is 0.0457. The van der Waals surface area contributed by atoms with Crippen LogP contribution in [-0.4, -0.2) is 43.3 Å². The molecule has 0 radical (unpaired) electrons. The molecule has 0 spiro atoms. The Morgan fingerprint density at radius 1 is 1.14 bits per heavy atom. The molecule has 0 saturated carbocycles. The third-order valence-electron chi connectivity index (χ3n) is 4.92. The maximum absolute atomic E-state index is 12.9. The summed E-state index contributed by atoms with van der Waals surface area (Å²) in [6.45, 7) is 2.53. The standard InChI is InChI=1S/C25H27N3O6S/c1-2-33-25(30)13-15-28(19-21-5-3-14-26-17-21)24(29)12-9-20-7-10-23(11-8-20)35(31,32)27-18-22-6-4-16-34-22/h3-12,14,16-17,27H,2,13,15,18-19H2,1H3/b12-9+. The van der Waals surface area contributed by atoms with Crippen molar-refractivity contribution >= 4 is 28.0 Å². The molecule has 1 aromatic carbocycles. The largest absolute Gasteiger partial charge is 0.468 e. The number of carbonyl (C=O) groups is 2. The summed E-state index contributed by atoms with van der Waals surface area (Å²) in [4.78, 5) is 30.3. The van der Waals surface area contributed by atoms with E-state index in [1.165, 1.54) is 29.4 Å². The zero-order valence-electron chi connectivity index (χ0n) is 19.3. The van der Waals surface area contributed by atoms with Crippen molar-refractivity contribution in [1.82, 2.24) is 14.6 Å². The fraction of sp³-hybridized carbons (Fsp3) is 0.240. The highest BCUT2D eigenvalue weighted by molar-refractivity contribution is 7.89. The number of hydrogen-bond donors (Lipinski definition) is 1. The van der Waals surface area contributed by atoms with Gasteiger partial charge in [-0.15, -0.1) is 0 Å². The van der Waals surface area contributed by atoms with Crippen LogP contribution in [0, 0.1) is 0 Å². The zero-order chi connectivity index (χ0) is 25.1. The number of nitrogens with zero attached hydrogens (tertiary/aromatic N) is 2. The van der Waals surface area contributed by atoms with Crippen molar-refractivity contribution in [2.24, 2.45) is 0 Å². The van der Waals surface area contributed by atoms with Gasteiger partial charge in [0.1, 0.15) is 5.76 Å². The first-order chi connectivity index (χ1) is 16.9. The molecule has 35 heavy (non-hydrogen) atoms. The van der Waals surface area contributed by atoms with Crippen molar-refractivity contribution in [3.8, 4) is 0 Å². The number of esters is 1. The lowest BCUT2D eigenvalue weighted by molar-refractivity contribution is -0.143. The topological polar surface area (TPSA) is 119 Å². The summed E-state index contributed by atoms with van der Waals surface area (Å²) in [7, 11) is -3.71. The number of amides is 1. The normalized spacial score (nSPS) is 11.5. The number of furan rings is 1. The number of ether oxygens (including phenoxy) is 1. The molecule has 1 amide bonds. The third kappa shape index (κ3) is 8.20. The minimum atomic E-state index is -3.71. The second kappa shape index (κ2) is 12.6. The van der Waals surface area contributed by atoms with Crippen LogP contribution in [0.4, 0.5) is 0 Å². The molecule has 0 saturated heterocycles. The summed E-state index contributed by atoms with van der Waals surface area (Å²) in [6, 6.07) is 13.1. The summed E-state index contributed by atoms with van der Waals surface area (Å²) >= 11 is 0. The van der Waals surface area contributed by atoms with E-state index in [2.05, 4.69) is 9.71 Å². The summed E-state index contributed by atoms with van der Waals surface area (Å²) in [6.07, 6.45) is 7.83. The molecule has 2 aromatic heterocycles. The van der Waals surface area contributed by atoms with E-state index in [1.54, 1.807) is 55.7 Å². The molecule has 0 unspecified atom stereocenters. The fourth-order valence-electron chi connectivity index (χ4n) is 3.13. The SMILES string of the molecule is CCOC(=O)CCN(Cc1cccnc1)C(=O)/C=C/c1ccc(S(=O)(=O)NCc2ccco2)cc1. The van der Waals surface area contributed by atoms with Crippen LogP contribution in [0.1, 0.15) is 30.2 Å². The van der Waals surface area contributed by atoms with E-state index < -0.39 is 10.0 Å². The highest BCUT2D eigenvalue weighted by Gasteiger charge is 2.16.